The van der Waals surface area contributed by atoms with E-state index in [1.807, 2.05) is 11.9 Å². The van der Waals surface area contributed by atoms with E-state index in [9.17, 15) is 4.79 Å². The summed E-state index contributed by atoms with van der Waals surface area (Å²) < 4.78 is 5.38. The number of carbonyl (C=O) groups excluding carboxylic acids is 1. The summed E-state index contributed by atoms with van der Waals surface area (Å²) in [5.41, 5.74) is 0.625. The first-order valence-corrected chi connectivity index (χ1v) is 6.09. The molecule has 0 bridgehead atoms. The molecular formula is C11H13ClN4O2. The zero-order valence-corrected chi connectivity index (χ0v) is 10.9. The fraction of sp³-hybridized carbons (Fsp3) is 0.545. The molecule has 1 unspecified atom stereocenters. The molecule has 6 nitrogen and oxygen atoms in total. The Balaban J connectivity index is 2.16. The van der Waals surface area contributed by atoms with Gasteiger partial charge in [0, 0.05) is 20.1 Å². The molecule has 1 spiro atoms. The predicted molar refractivity (Wildman–Crippen MR) is 67.0 cm³/mol. The first-order chi connectivity index (χ1) is 8.54. The molecule has 1 fully saturated rings. The number of anilines is 2. The van der Waals surface area contributed by atoms with Crippen molar-refractivity contribution in [2.45, 2.75) is 18.9 Å². The minimum Gasteiger partial charge on any atom is -0.378 e. The maximum absolute atomic E-state index is 12.3. The molecule has 0 aliphatic carbocycles. The molecule has 3 heterocycles. The van der Waals surface area contributed by atoms with Crippen LogP contribution in [0.25, 0.3) is 0 Å². The molecule has 1 N–H and O–H groups in total. The van der Waals surface area contributed by atoms with E-state index in [1.165, 1.54) is 0 Å². The average Bonchev–Trinajstić information content (AvgIpc) is 2.79. The number of aromatic nitrogens is 2. The van der Waals surface area contributed by atoms with Crippen LogP contribution in [0.4, 0.5) is 11.5 Å². The van der Waals surface area contributed by atoms with Crippen LogP contribution in [0.15, 0.2) is 0 Å². The fourth-order valence-corrected chi connectivity index (χ4v) is 2.70. The van der Waals surface area contributed by atoms with Gasteiger partial charge in [-0.1, -0.05) is 0 Å². The number of amides is 1. The molecule has 0 saturated carbocycles. The molecule has 2 aliphatic rings. The number of hydrogen-bond acceptors (Lipinski definition) is 5. The lowest BCUT2D eigenvalue weighted by Gasteiger charge is -2.41. The van der Waals surface area contributed by atoms with Crippen LogP contribution in [0.2, 0.25) is 5.28 Å². The topological polar surface area (TPSA) is 67.3 Å². The molecule has 96 valence electrons. The Morgan fingerprint density at radius 1 is 1.50 bits per heavy atom. The van der Waals surface area contributed by atoms with E-state index >= 15 is 0 Å². The highest BCUT2D eigenvalue weighted by Crippen LogP contribution is 2.39. The zero-order valence-electron chi connectivity index (χ0n) is 10.2. The Kier molecular flexibility index (Phi) is 2.46. The number of carbonyl (C=O) groups is 1. The van der Waals surface area contributed by atoms with Crippen molar-refractivity contribution in [3.63, 3.8) is 0 Å². The Morgan fingerprint density at radius 2 is 2.28 bits per heavy atom. The summed E-state index contributed by atoms with van der Waals surface area (Å²) in [4.78, 5) is 22.4. The van der Waals surface area contributed by atoms with Crippen LogP contribution in [0.1, 0.15) is 12.1 Å². The molecule has 1 aromatic rings. The number of halogens is 1. The second-order valence-electron chi connectivity index (χ2n) is 4.62. The van der Waals surface area contributed by atoms with Gasteiger partial charge in [0.1, 0.15) is 11.2 Å². The highest BCUT2D eigenvalue weighted by molar-refractivity contribution is 6.28. The molecule has 1 atom stereocenters. The van der Waals surface area contributed by atoms with Gasteiger partial charge in [-0.15, -0.1) is 0 Å². The summed E-state index contributed by atoms with van der Waals surface area (Å²) in [7, 11) is 1.84. The van der Waals surface area contributed by atoms with Gasteiger partial charge in [-0.05, 0) is 18.5 Å². The maximum Gasteiger partial charge on any atom is 0.252 e. The Morgan fingerprint density at radius 3 is 2.94 bits per heavy atom. The number of nitrogens with zero attached hydrogens (tertiary/aromatic N) is 3. The zero-order chi connectivity index (χ0) is 12.9. The van der Waals surface area contributed by atoms with Crippen molar-refractivity contribution in [2.24, 2.45) is 0 Å². The third-order valence-corrected chi connectivity index (χ3v) is 3.83. The van der Waals surface area contributed by atoms with Gasteiger partial charge >= 0.3 is 0 Å². The Hall–Kier alpha value is -1.40. The largest absolute Gasteiger partial charge is 0.378 e. The van der Waals surface area contributed by atoms with E-state index in [4.69, 9.17) is 16.3 Å². The molecule has 18 heavy (non-hydrogen) atoms. The lowest BCUT2D eigenvalue weighted by Crippen LogP contribution is -2.59. The number of fused-ring (bicyclic) bond motifs is 1. The molecule has 1 amide bonds. The standard InChI is InChI=1S/C11H13ClN4O2/c1-6-7-8(15-10(12)13-6)16(2)11(9(17)14-7)3-4-18-5-11/h3-5H2,1-2H3,(H,14,17). The van der Waals surface area contributed by atoms with Gasteiger partial charge in [0.05, 0.1) is 12.3 Å². The molecule has 0 aromatic carbocycles. The molecular weight excluding hydrogens is 256 g/mol. The summed E-state index contributed by atoms with van der Waals surface area (Å²) in [5, 5.41) is 3.06. The molecule has 1 aromatic heterocycles. The summed E-state index contributed by atoms with van der Waals surface area (Å²) in [5.74, 6) is 0.585. The highest BCUT2D eigenvalue weighted by atomic mass is 35.5. The van der Waals surface area contributed by atoms with Crippen LogP contribution in [0.3, 0.4) is 0 Å². The van der Waals surface area contributed by atoms with E-state index in [2.05, 4.69) is 15.3 Å². The number of ether oxygens (including phenoxy) is 1. The first-order valence-electron chi connectivity index (χ1n) is 5.72. The van der Waals surface area contributed by atoms with E-state index in [-0.39, 0.29) is 11.2 Å². The van der Waals surface area contributed by atoms with Crippen LogP contribution in [0, 0.1) is 6.92 Å². The Bertz CT molecular complexity index is 528. The van der Waals surface area contributed by atoms with E-state index in [1.54, 1.807) is 6.92 Å². The summed E-state index contributed by atoms with van der Waals surface area (Å²) in [6.07, 6.45) is 0.648. The van der Waals surface area contributed by atoms with Gasteiger partial charge in [0.15, 0.2) is 5.82 Å². The van der Waals surface area contributed by atoms with Crippen molar-refractivity contribution in [1.82, 2.24) is 9.97 Å². The number of likely N-dealkylation sites (N-methyl/N-ethyl adjacent to an activating group) is 1. The van der Waals surface area contributed by atoms with Crippen LogP contribution >= 0.6 is 11.6 Å². The molecule has 3 rings (SSSR count). The average molecular weight is 269 g/mol. The van der Waals surface area contributed by atoms with Crippen LogP contribution < -0.4 is 10.2 Å². The SMILES string of the molecule is Cc1nc(Cl)nc2c1NC(=O)C1(CCOC1)N2C. The minimum absolute atomic E-state index is 0.0657. The lowest BCUT2D eigenvalue weighted by atomic mass is 9.93. The quantitative estimate of drug-likeness (QED) is 0.711. The summed E-state index contributed by atoms with van der Waals surface area (Å²) in [6, 6.07) is 0. The van der Waals surface area contributed by atoms with Crippen LogP contribution in [-0.2, 0) is 9.53 Å². The van der Waals surface area contributed by atoms with E-state index < -0.39 is 5.54 Å². The molecule has 0 radical (unpaired) electrons. The van der Waals surface area contributed by atoms with Gasteiger partial charge in [-0.3, -0.25) is 4.79 Å². The summed E-state index contributed by atoms with van der Waals surface area (Å²) >= 11 is 5.89. The predicted octanol–water partition coefficient (Wildman–Crippen LogP) is 0.986. The highest BCUT2D eigenvalue weighted by Gasteiger charge is 2.50. The van der Waals surface area contributed by atoms with Crippen molar-refractivity contribution < 1.29 is 9.53 Å². The lowest BCUT2D eigenvalue weighted by molar-refractivity contribution is -0.121. The second kappa shape index (κ2) is 3.80. The van der Waals surface area contributed by atoms with E-state index in [0.717, 1.165) is 0 Å². The van der Waals surface area contributed by atoms with Crippen molar-refractivity contribution in [3.05, 3.63) is 11.0 Å². The van der Waals surface area contributed by atoms with Gasteiger partial charge in [-0.25, -0.2) is 4.98 Å². The number of rotatable bonds is 0. The van der Waals surface area contributed by atoms with Crippen molar-refractivity contribution >= 4 is 29.0 Å². The summed E-state index contributed by atoms with van der Waals surface area (Å²) in [6.45, 7) is 2.74. The number of hydrogen-bond donors (Lipinski definition) is 1. The van der Waals surface area contributed by atoms with Crippen LogP contribution in [0.5, 0.6) is 0 Å². The number of aryl methyl sites for hydroxylation is 1. The molecule has 1 saturated heterocycles. The third-order valence-electron chi connectivity index (χ3n) is 3.67. The van der Waals surface area contributed by atoms with E-state index in [0.29, 0.717) is 36.8 Å². The smallest absolute Gasteiger partial charge is 0.252 e. The second-order valence-corrected chi connectivity index (χ2v) is 4.96. The Labute approximate surface area is 109 Å². The van der Waals surface area contributed by atoms with Gasteiger partial charge in [0.2, 0.25) is 5.28 Å². The molecule has 2 aliphatic heterocycles. The normalized spacial score (nSPS) is 26.4. The maximum atomic E-state index is 12.3. The van der Waals surface area contributed by atoms with Gasteiger partial charge in [0.25, 0.3) is 5.91 Å². The van der Waals surface area contributed by atoms with Crippen molar-refractivity contribution in [3.8, 4) is 0 Å². The van der Waals surface area contributed by atoms with Crippen molar-refractivity contribution in [1.29, 1.82) is 0 Å². The third kappa shape index (κ3) is 1.42. The minimum atomic E-state index is -0.670. The monoisotopic (exact) mass is 268 g/mol. The van der Waals surface area contributed by atoms with Gasteiger partial charge < -0.3 is 15.0 Å². The van der Waals surface area contributed by atoms with Crippen molar-refractivity contribution in [2.75, 3.05) is 30.5 Å². The number of nitrogens with one attached hydrogen (secondary N) is 1. The van der Waals surface area contributed by atoms with Crippen LogP contribution in [-0.4, -0.2) is 41.7 Å². The molecule has 7 heteroatoms. The fourth-order valence-electron chi connectivity index (χ4n) is 2.50. The first kappa shape index (κ1) is 11.7. The van der Waals surface area contributed by atoms with Gasteiger partial charge in [-0.2, -0.15) is 4.98 Å².